The number of halogens is 4. The molecule has 4 nitrogen and oxygen atoms in total. The van der Waals surface area contributed by atoms with Crippen molar-refractivity contribution in [3.63, 3.8) is 0 Å². The van der Waals surface area contributed by atoms with E-state index in [1.165, 1.54) is 18.2 Å². The quantitative estimate of drug-likeness (QED) is 0.772. The molecule has 1 unspecified atom stereocenters. The molecule has 128 valence electrons. The van der Waals surface area contributed by atoms with Gasteiger partial charge in [-0.2, -0.15) is 8.78 Å². The number of hydrogen-bond acceptors (Lipinski definition) is 3. The molecule has 0 heterocycles. The van der Waals surface area contributed by atoms with E-state index < -0.39 is 18.6 Å². The van der Waals surface area contributed by atoms with Crippen molar-refractivity contribution in [3.8, 4) is 11.5 Å². The molecule has 1 atom stereocenters. The molecular weight excluding hydrogens is 363 g/mol. The summed E-state index contributed by atoms with van der Waals surface area (Å²) < 4.78 is 34.1. The fourth-order valence-corrected chi connectivity index (χ4v) is 2.14. The van der Waals surface area contributed by atoms with E-state index in [-0.39, 0.29) is 10.8 Å². The maximum Gasteiger partial charge on any atom is 0.387 e. The van der Waals surface area contributed by atoms with E-state index in [9.17, 15) is 13.6 Å². The van der Waals surface area contributed by atoms with Gasteiger partial charge < -0.3 is 14.8 Å². The maximum absolute atomic E-state index is 12.2. The first-order chi connectivity index (χ1) is 11.3. The van der Waals surface area contributed by atoms with Gasteiger partial charge in [-0.1, -0.05) is 23.2 Å². The molecule has 0 saturated carbocycles. The highest BCUT2D eigenvalue weighted by Gasteiger charge is 2.16. The van der Waals surface area contributed by atoms with Gasteiger partial charge in [-0.25, -0.2) is 0 Å². The summed E-state index contributed by atoms with van der Waals surface area (Å²) in [7, 11) is 0. The second-order valence-electron chi connectivity index (χ2n) is 4.73. The van der Waals surface area contributed by atoms with Gasteiger partial charge in [0.25, 0.3) is 5.91 Å². The third kappa shape index (κ3) is 5.25. The number of alkyl halides is 2. The average Bonchev–Trinajstić information content (AvgIpc) is 2.52. The number of ether oxygens (including phenoxy) is 2. The van der Waals surface area contributed by atoms with Gasteiger partial charge in [-0.15, -0.1) is 0 Å². The second kappa shape index (κ2) is 8.17. The summed E-state index contributed by atoms with van der Waals surface area (Å²) in [5, 5.41) is 3.09. The van der Waals surface area contributed by atoms with Crippen molar-refractivity contribution in [2.75, 3.05) is 5.32 Å². The minimum atomic E-state index is -2.98. The van der Waals surface area contributed by atoms with Gasteiger partial charge in [0.1, 0.15) is 11.5 Å². The number of carbonyl (C=O) groups is 1. The Kier molecular flexibility index (Phi) is 6.23. The van der Waals surface area contributed by atoms with Crippen LogP contribution in [0, 0.1) is 0 Å². The van der Waals surface area contributed by atoms with Crippen molar-refractivity contribution in [1.29, 1.82) is 0 Å². The summed E-state index contributed by atoms with van der Waals surface area (Å²) in [6.45, 7) is -1.41. The van der Waals surface area contributed by atoms with Gasteiger partial charge in [-0.3, -0.25) is 4.79 Å². The molecule has 0 bridgehead atoms. The van der Waals surface area contributed by atoms with Crippen LogP contribution >= 0.6 is 23.2 Å². The number of amides is 1. The molecule has 2 rings (SSSR count). The Bertz CT molecular complexity index is 711. The average molecular weight is 376 g/mol. The van der Waals surface area contributed by atoms with Gasteiger partial charge in [0.15, 0.2) is 6.10 Å². The highest BCUT2D eigenvalue weighted by Crippen LogP contribution is 2.29. The molecule has 1 amide bonds. The fraction of sp³-hybridized carbons (Fsp3) is 0.188. The zero-order chi connectivity index (χ0) is 17.7. The molecule has 0 fully saturated rings. The molecular formula is C16H13Cl2F2NO3. The number of anilines is 1. The van der Waals surface area contributed by atoms with Crippen LogP contribution in [0.15, 0.2) is 42.5 Å². The van der Waals surface area contributed by atoms with Crippen LogP contribution in [0.3, 0.4) is 0 Å². The number of hydrogen-bond donors (Lipinski definition) is 1. The molecule has 0 radical (unpaired) electrons. The lowest BCUT2D eigenvalue weighted by Crippen LogP contribution is -2.30. The summed E-state index contributed by atoms with van der Waals surface area (Å²) in [5.41, 5.74) is 0.332. The molecule has 2 aromatic rings. The van der Waals surface area contributed by atoms with Crippen molar-refractivity contribution in [2.24, 2.45) is 0 Å². The number of rotatable bonds is 6. The van der Waals surface area contributed by atoms with Crippen LogP contribution in [-0.4, -0.2) is 18.6 Å². The van der Waals surface area contributed by atoms with Gasteiger partial charge in [-0.05, 0) is 49.4 Å². The van der Waals surface area contributed by atoms with Crippen molar-refractivity contribution in [1.82, 2.24) is 0 Å². The topological polar surface area (TPSA) is 47.6 Å². The second-order valence-corrected chi connectivity index (χ2v) is 5.57. The van der Waals surface area contributed by atoms with Crippen LogP contribution in [0.1, 0.15) is 6.92 Å². The van der Waals surface area contributed by atoms with Crippen molar-refractivity contribution in [2.45, 2.75) is 19.6 Å². The highest BCUT2D eigenvalue weighted by molar-refractivity contribution is 6.32. The normalized spacial score (nSPS) is 11.9. The number of benzene rings is 2. The third-order valence-corrected chi connectivity index (χ3v) is 3.46. The van der Waals surface area contributed by atoms with Crippen LogP contribution in [0.2, 0.25) is 10.0 Å². The van der Waals surface area contributed by atoms with Crippen LogP contribution in [-0.2, 0) is 4.79 Å². The zero-order valence-corrected chi connectivity index (χ0v) is 13.9. The summed E-state index contributed by atoms with van der Waals surface area (Å²) in [4.78, 5) is 12.1. The Hall–Kier alpha value is -2.05. The summed E-state index contributed by atoms with van der Waals surface area (Å²) in [5.74, 6) is -0.112. The van der Waals surface area contributed by atoms with E-state index in [0.29, 0.717) is 16.5 Å². The Balaban J connectivity index is 1.98. The van der Waals surface area contributed by atoms with Crippen LogP contribution in [0.5, 0.6) is 11.5 Å². The Morgan fingerprint density at radius 2 is 1.75 bits per heavy atom. The Morgan fingerprint density at radius 1 is 1.08 bits per heavy atom. The Morgan fingerprint density at radius 3 is 2.33 bits per heavy atom. The van der Waals surface area contributed by atoms with Crippen LogP contribution in [0.4, 0.5) is 14.5 Å². The third-order valence-electron chi connectivity index (χ3n) is 2.91. The van der Waals surface area contributed by atoms with E-state index in [1.807, 2.05) is 0 Å². The molecule has 24 heavy (non-hydrogen) atoms. The molecule has 0 aromatic heterocycles. The molecule has 2 aromatic carbocycles. The minimum Gasteiger partial charge on any atom is -0.481 e. The molecule has 0 aliphatic heterocycles. The van der Waals surface area contributed by atoms with E-state index in [2.05, 4.69) is 10.1 Å². The van der Waals surface area contributed by atoms with E-state index in [0.717, 1.165) is 0 Å². The van der Waals surface area contributed by atoms with Gasteiger partial charge in [0.2, 0.25) is 0 Å². The van der Waals surface area contributed by atoms with E-state index in [4.69, 9.17) is 27.9 Å². The molecule has 0 aliphatic carbocycles. The minimum absolute atomic E-state index is 0.0422. The molecule has 8 heteroatoms. The van der Waals surface area contributed by atoms with Crippen LogP contribution in [0.25, 0.3) is 0 Å². The summed E-state index contributed by atoms with van der Waals surface area (Å²) >= 11 is 11.6. The zero-order valence-electron chi connectivity index (χ0n) is 12.4. The van der Waals surface area contributed by atoms with Gasteiger partial charge in [0, 0.05) is 10.7 Å². The van der Waals surface area contributed by atoms with Crippen molar-refractivity contribution >= 4 is 34.8 Å². The molecule has 0 spiro atoms. The Labute approximate surface area is 147 Å². The number of carbonyl (C=O) groups excluding carboxylic acids is 1. The van der Waals surface area contributed by atoms with Gasteiger partial charge in [0.05, 0.1) is 5.02 Å². The lowest BCUT2D eigenvalue weighted by atomic mass is 10.2. The summed E-state index contributed by atoms with van der Waals surface area (Å²) in [6, 6.07) is 10.5. The van der Waals surface area contributed by atoms with Crippen molar-refractivity contribution < 1.29 is 23.0 Å². The molecule has 0 aliphatic rings. The lowest BCUT2D eigenvalue weighted by molar-refractivity contribution is -0.122. The smallest absolute Gasteiger partial charge is 0.387 e. The largest absolute Gasteiger partial charge is 0.481 e. The predicted octanol–water partition coefficient (Wildman–Crippen LogP) is 5.00. The lowest BCUT2D eigenvalue weighted by Gasteiger charge is -2.15. The maximum atomic E-state index is 12.2. The monoisotopic (exact) mass is 375 g/mol. The first-order valence-electron chi connectivity index (χ1n) is 6.82. The standard InChI is InChI=1S/C16H13Cl2F2NO3/c1-9(23-12-5-2-10(17)3-6-12)15(22)21-11-4-7-14(13(18)8-11)24-16(19)20/h2-9,16H,1H3,(H,21,22). The molecule has 1 N–H and O–H groups in total. The van der Waals surface area contributed by atoms with E-state index >= 15 is 0 Å². The first-order valence-corrected chi connectivity index (χ1v) is 7.58. The molecule has 0 saturated heterocycles. The predicted molar refractivity (Wildman–Crippen MR) is 88.3 cm³/mol. The SMILES string of the molecule is CC(Oc1ccc(Cl)cc1)C(=O)Nc1ccc(OC(F)F)c(Cl)c1. The van der Waals surface area contributed by atoms with Crippen molar-refractivity contribution in [3.05, 3.63) is 52.5 Å². The summed E-state index contributed by atoms with van der Waals surface area (Å²) in [6.07, 6.45) is -0.790. The fourth-order valence-electron chi connectivity index (χ4n) is 1.78. The van der Waals surface area contributed by atoms with Gasteiger partial charge >= 0.3 is 6.61 Å². The van der Waals surface area contributed by atoms with E-state index in [1.54, 1.807) is 31.2 Å². The highest BCUT2D eigenvalue weighted by atomic mass is 35.5. The number of nitrogens with one attached hydrogen (secondary N) is 1. The first kappa shape index (κ1) is 18.3. The van der Waals surface area contributed by atoms with Crippen LogP contribution < -0.4 is 14.8 Å².